The highest BCUT2D eigenvalue weighted by atomic mass is 19.4. The van der Waals surface area contributed by atoms with Gasteiger partial charge in [0.2, 0.25) is 0 Å². The highest BCUT2D eigenvalue weighted by molar-refractivity contribution is 5.68. The summed E-state index contributed by atoms with van der Waals surface area (Å²) >= 11 is 0. The van der Waals surface area contributed by atoms with Gasteiger partial charge in [-0.1, -0.05) is 18.2 Å². The van der Waals surface area contributed by atoms with Crippen molar-refractivity contribution in [3.05, 3.63) is 35.4 Å². The van der Waals surface area contributed by atoms with E-state index < -0.39 is 17.3 Å². The SMILES string of the molecule is CC(C)(C)OC(=O)N1CCC(CC(CCO)c2cccc(C(F)(F)F)c2)CC1. The molecule has 1 aromatic rings. The van der Waals surface area contributed by atoms with Crippen LogP contribution >= 0.6 is 0 Å². The van der Waals surface area contributed by atoms with Crippen LogP contribution in [0.2, 0.25) is 0 Å². The number of ether oxygens (including phenoxy) is 1. The van der Waals surface area contributed by atoms with E-state index in [1.807, 2.05) is 20.8 Å². The maximum absolute atomic E-state index is 13.0. The van der Waals surface area contributed by atoms with Crippen molar-refractivity contribution >= 4 is 6.09 Å². The average Bonchev–Trinajstić information content (AvgIpc) is 2.60. The highest BCUT2D eigenvalue weighted by Crippen LogP contribution is 2.36. The van der Waals surface area contributed by atoms with E-state index >= 15 is 0 Å². The number of aliphatic hydroxyl groups excluding tert-OH is 1. The zero-order valence-electron chi connectivity index (χ0n) is 16.8. The lowest BCUT2D eigenvalue weighted by Crippen LogP contribution is -2.41. The van der Waals surface area contributed by atoms with Gasteiger partial charge in [-0.05, 0) is 69.9 Å². The molecule has 1 amide bonds. The standard InChI is InChI=1S/C21H30F3NO3/c1-20(2,3)28-19(27)25-10-7-15(8-11-25)13-17(9-12-26)16-5-4-6-18(14-16)21(22,23)24/h4-6,14-15,17,26H,7-13H2,1-3H3. The molecule has 1 saturated heterocycles. The van der Waals surface area contributed by atoms with Crippen molar-refractivity contribution in [1.29, 1.82) is 0 Å². The van der Waals surface area contributed by atoms with Crippen LogP contribution in [0.15, 0.2) is 24.3 Å². The van der Waals surface area contributed by atoms with Crippen molar-refractivity contribution < 1.29 is 27.8 Å². The lowest BCUT2D eigenvalue weighted by atomic mass is 9.82. The van der Waals surface area contributed by atoms with Crippen LogP contribution in [-0.4, -0.2) is 41.4 Å². The first kappa shape index (κ1) is 22.5. The molecule has 0 aliphatic carbocycles. The second-order valence-electron chi connectivity index (χ2n) is 8.48. The van der Waals surface area contributed by atoms with Crippen molar-refractivity contribution in [3.63, 3.8) is 0 Å². The Morgan fingerprint density at radius 3 is 2.43 bits per heavy atom. The number of hydrogen-bond acceptors (Lipinski definition) is 3. The number of nitrogens with zero attached hydrogens (tertiary/aromatic N) is 1. The van der Waals surface area contributed by atoms with Gasteiger partial charge < -0.3 is 14.7 Å². The van der Waals surface area contributed by atoms with Crippen molar-refractivity contribution in [2.24, 2.45) is 5.92 Å². The third-order valence-electron chi connectivity index (χ3n) is 5.05. The van der Waals surface area contributed by atoms with Gasteiger partial charge in [-0.25, -0.2) is 4.79 Å². The minimum absolute atomic E-state index is 0.0718. The molecule has 0 bridgehead atoms. The van der Waals surface area contributed by atoms with E-state index in [1.54, 1.807) is 11.0 Å². The van der Waals surface area contributed by atoms with E-state index in [9.17, 15) is 23.1 Å². The number of rotatable bonds is 5. The number of benzene rings is 1. The van der Waals surface area contributed by atoms with E-state index in [0.717, 1.165) is 18.9 Å². The number of alkyl halides is 3. The molecule has 0 radical (unpaired) electrons. The summed E-state index contributed by atoms with van der Waals surface area (Å²) in [6, 6.07) is 5.38. The van der Waals surface area contributed by atoms with Crippen molar-refractivity contribution in [2.75, 3.05) is 19.7 Å². The zero-order chi connectivity index (χ0) is 20.9. The quantitative estimate of drug-likeness (QED) is 0.737. The van der Waals surface area contributed by atoms with E-state index in [2.05, 4.69) is 0 Å². The summed E-state index contributed by atoms with van der Waals surface area (Å²) in [5.41, 5.74) is -0.588. The Labute approximate surface area is 164 Å². The maximum atomic E-state index is 13.0. The average molecular weight is 401 g/mol. The predicted molar refractivity (Wildman–Crippen MR) is 101 cm³/mol. The number of piperidine rings is 1. The fourth-order valence-electron chi connectivity index (χ4n) is 3.63. The first-order valence-corrected chi connectivity index (χ1v) is 9.75. The third kappa shape index (κ3) is 6.69. The number of likely N-dealkylation sites (tertiary alicyclic amines) is 1. The van der Waals surface area contributed by atoms with Crippen LogP contribution in [0.5, 0.6) is 0 Å². The van der Waals surface area contributed by atoms with Crippen molar-refractivity contribution in [3.8, 4) is 0 Å². The third-order valence-corrected chi connectivity index (χ3v) is 5.05. The van der Waals surface area contributed by atoms with Gasteiger partial charge in [0.25, 0.3) is 0 Å². The molecule has 2 rings (SSSR count). The molecular weight excluding hydrogens is 371 g/mol. The van der Waals surface area contributed by atoms with Gasteiger partial charge >= 0.3 is 12.3 Å². The Hall–Kier alpha value is -1.76. The summed E-state index contributed by atoms with van der Waals surface area (Å²) in [6.07, 6.45) is -2.02. The molecule has 1 heterocycles. The van der Waals surface area contributed by atoms with Gasteiger partial charge in [-0.15, -0.1) is 0 Å². The summed E-state index contributed by atoms with van der Waals surface area (Å²) in [5, 5.41) is 9.39. The highest BCUT2D eigenvalue weighted by Gasteiger charge is 2.32. The molecule has 158 valence electrons. The van der Waals surface area contributed by atoms with Gasteiger partial charge in [-0.3, -0.25) is 0 Å². The summed E-state index contributed by atoms with van der Waals surface area (Å²) < 4.78 is 44.4. The normalized spacial score (nSPS) is 17.5. The lowest BCUT2D eigenvalue weighted by molar-refractivity contribution is -0.137. The molecule has 1 aliphatic heterocycles. The first-order valence-electron chi connectivity index (χ1n) is 9.75. The number of carbonyl (C=O) groups excluding carboxylic acids is 1. The molecule has 7 heteroatoms. The Kier molecular flexibility index (Phi) is 7.37. The van der Waals surface area contributed by atoms with E-state index in [-0.39, 0.29) is 18.6 Å². The molecule has 0 spiro atoms. The second-order valence-corrected chi connectivity index (χ2v) is 8.48. The fraction of sp³-hybridized carbons (Fsp3) is 0.667. The number of amides is 1. The van der Waals surface area contributed by atoms with E-state index in [0.29, 0.717) is 37.4 Å². The Bertz CT molecular complexity index is 647. The summed E-state index contributed by atoms with van der Waals surface area (Å²) in [4.78, 5) is 13.8. The number of halogens is 3. The molecule has 1 aliphatic rings. The van der Waals surface area contributed by atoms with E-state index in [1.165, 1.54) is 12.1 Å². The molecular formula is C21H30F3NO3. The monoisotopic (exact) mass is 401 g/mol. The zero-order valence-corrected chi connectivity index (χ0v) is 16.8. The predicted octanol–water partition coefficient (Wildman–Crippen LogP) is 5.21. The number of hydrogen-bond donors (Lipinski definition) is 1. The number of carbonyl (C=O) groups is 1. The summed E-state index contributed by atoms with van der Waals surface area (Å²) in [5.74, 6) is 0.162. The van der Waals surface area contributed by atoms with Gasteiger partial charge in [-0.2, -0.15) is 13.2 Å². The maximum Gasteiger partial charge on any atom is 0.416 e. The second kappa shape index (κ2) is 9.16. The molecule has 1 atom stereocenters. The van der Waals surface area contributed by atoms with Gasteiger partial charge in [0.05, 0.1) is 5.56 Å². The molecule has 28 heavy (non-hydrogen) atoms. The van der Waals surface area contributed by atoms with Crippen LogP contribution in [0, 0.1) is 5.92 Å². The number of aliphatic hydroxyl groups is 1. The fourth-order valence-corrected chi connectivity index (χ4v) is 3.63. The van der Waals surface area contributed by atoms with Gasteiger partial charge in [0.15, 0.2) is 0 Å². The summed E-state index contributed by atoms with van der Waals surface area (Å²) in [6.45, 7) is 6.56. The largest absolute Gasteiger partial charge is 0.444 e. The van der Waals surface area contributed by atoms with Crippen LogP contribution in [0.1, 0.15) is 63.5 Å². The molecule has 0 aromatic heterocycles. The molecule has 0 saturated carbocycles. The topological polar surface area (TPSA) is 49.8 Å². The molecule has 1 N–H and O–H groups in total. The minimum atomic E-state index is -4.38. The van der Waals surface area contributed by atoms with Crippen molar-refractivity contribution in [1.82, 2.24) is 4.90 Å². The van der Waals surface area contributed by atoms with E-state index in [4.69, 9.17) is 4.74 Å². The Morgan fingerprint density at radius 1 is 1.25 bits per heavy atom. The van der Waals surface area contributed by atoms with Crippen molar-refractivity contribution in [2.45, 2.75) is 64.1 Å². The van der Waals surface area contributed by atoms with Crippen LogP contribution < -0.4 is 0 Å². The first-order chi connectivity index (χ1) is 13.0. The molecule has 1 aromatic carbocycles. The Balaban J connectivity index is 1.98. The Morgan fingerprint density at radius 2 is 1.89 bits per heavy atom. The minimum Gasteiger partial charge on any atom is -0.444 e. The summed E-state index contributed by atoms with van der Waals surface area (Å²) in [7, 11) is 0. The lowest BCUT2D eigenvalue weighted by Gasteiger charge is -2.34. The van der Waals surface area contributed by atoms with Crippen LogP contribution in [-0.2, 0) is 10.9 Å². The molecule has 1 unspecified atom stereocenters. The molecule has 4 nitrogen and oxygen atoms in total. The van der Waals surface area contributed by atoms with Crippen LogP contribution in [0.4, 0.5) is 18.0 Å². The van der Waals surface area contributed by atoms with Crippen LogP contribution in [0.3, 0.4) is 0 Å². The van der Waals surface area contributed by atoms with Crippen LogP contribution in [0.25, 0.3) is 0 Å². The molecule has 1 fully saturated rings. The smallest absolute Gasteiger partial charge is 0.416 e. The van der Waals surface area contributed by atoms with Gasteiger partial charge in [0.1, 0.15) is 5.60 Å². The van der Waals surface area contributed by atoms with Gasteiger partial charge in [0, 0.05) is 19.7 Å².